The van der Waals surface area contributed by atoms with Crippen molar-refractivity contribution >= 4 is 11.8 Å². The second kappa shape index (κ2) is 9.98. The molecule has 10 atom stereocenters. The molecule has 0 bridgehead atoms. The summed E-state index contributed by atoms with van der Waals surface area (Å²) in [6.45, 7) is -1.16. The molecule has 0 unspecified atom stereocenters. The van der Waals surface area contributed by atoms with Gasteiger partial charge >= 0.3 is 0 Å². The maximum absolute atomic E-state index is 10.6. The first kappa shape index (κ1) is 22.8. The Hall–Kier alpha value is -0.830. The molecule has 3 rings (SSSR count). The Kier molecular flexibility index (Phi) is 7.87. The van der Waals surface area contributed by atoms with Gasteiger partial charge in [0.05, 0.1) is 13.2 Å². The maximum Gasteiger partial charge on any atom is 0.187 e. The zero-order valence-corrected chi connectivity index (χ0v) is 16.2. The Bertz CT molecular complexity index is 634. The molecule has 164 valence electrons. The number of aliphatic hydroxyl groups excluding tert-OH is 7. The predicted octanol–water partition coefficient (Wildman–Crippen LogP) is -2.60. The van der Waals surface area contributed by atoms with Gasteiger partial charge in [-0.1, -0.05) is 30.0 Å². The predicted molar refractivity (Wildman–Crippen MR) is 98.7 cm³/mol. The van der Waals surface area contributed by atoms with Crippen LogP contribution in [0.25, 0.3) is 0 Å². The van der Waals surface area contributed by atoms with Crippen molar-refractivity contribution in [2.45, 2.75) is 65.5 Å². The Morgan fingerprint density at radius 2 is 1.34 bits per heavy atom. The molecule has 29 heavy (non-hydrogen) atoms. The normalized spacial score (nSPS) is 43.3. The fourth-order valence-electron chi connectivity index (χ4n) is 3.26. The van der Waals surface area contributed by atoms with Crippen LogP contribution in [0.1, 0.15) is 0 Å². The third-order valence-corrected chi connectivity index (χ3v) is 6.12. The number of hydrogen-bond acceptors (Lipinski definition) is 11. The highest BCUT2D eigenvalue weighted by Crippen LogP contribution is 2.36. The second-order valence-corrected chi connectivity index (χ2v) is 8.11. The lowest BCUT2D eigenvalue weighted by molar-refractivity contribution is -0.334. The van der Waals surface area contributed by atoms with E-state index in [0.717, 1.165) is 4.90 Å². The molecular formula is C18H26O10S. The van der Waals surface area contributed by atoms with Crippen LogP contribution < -0.4 is 0 Å². The number of thioether (sulfide) groups is 1. The van der Waals surface area contributed by atoms with E-state index in [9.17, 15) is 35.7 Å². The smallest absolute Gasteiger partial charge is 0.187 e. The first-order chi connectivity index (χ1) is 13.9. The minimum absolute atomic E-state index is 0.531. The summed E-state index contributed by atoms with van der Waals surface area (Å²) in [5.74, 6) is 0. The maximum atomic E-state index is 10.6. The molecular weight excluding hydrogens is 408 g/mol. The van der Waals surface area contributed by atoms with E-state index in [-0.39, 0.29) is 0 Å². The monoisotopic (exact) mass is 434 g/mol. The number of benzene rings is 1. The van der Waals surface area contributed by atoms with E-state index in [1.165, 1.54) is 11.8 Å². The molecule has 0 aliphatic carbocycles. The quantitative estimate of drug-likeness (QED) is 0.251. The van der Waals surface area contributed by atoms with Crippen LogP contribution in [0.15, 0.2) is 35.2 Å². The Labute approximate surface area is 171 Å². The summed E-state index contributed by atoms with van der Waals surface area (Å²) in [4.78, 5) is 0.764. The number of hydrogen-bond donors (Lipinski definition) is 7. The second-order valence-electron chi connectivity index (χ2n) is 6.94. The van der Waals surface area contributed by atoms with Gasteiger partial charge in [0, 0.05) is 4.90 Å². The molecule has 0 radical (unpaired) electrons. The van der Waals surface area contributed by atoms with Crippen LogP contribution in [0.3, 0.4) is 0 Å². The number of rotatable bonds is 6. The lowest BCUT2D eigenvalue weighted by Crippen LogP contribution is -2.63. The Balaban J connectivity index is 1.80. The summed E-state index contributed by atoms with van der Waals surface area (Å²) < 4.78 is 16.7. The van der Waals surface area contributed by atoms with Crippen LogP contribution in [-0.2, 0) is 14.2 Å². The SMILES string of the molecule is OC[C@H]1O[C@@H](O[C@@H]2[C@@H](O)[C@H](O)[C@@H](CO)O[C@H]2Sc2ccccc2)[C@H](O)[C@@H](O)[C@@H]1O. The van der Waals surface area contributed by atoms with Gasteiger partial charge in [-0.2, -0.15) is 0 Å². The summed E-state index contributed by atoms with van der Waals surface area (Å²) in [5.41, 5.74) is -0.902. The van der Waals surface area contributed by atoms with Crippen molar-refractivity contribution in [3.8, 4) is 0 Å². The highest BCUT2D eigenvalue weighted by Gasteiger charge is 2.50. The van der Waals surface area contributed by atoms with Crippen LogP contribution in [0.5, 0.6) is 0 Å². The number of aliphatic hydroxyl groups is 7. The van der Waals surface area contributed by atoms with Gasteiger partial charge in [-0.25, -0.2) is 0 Å². The first-order valence-electron chi connectivity index (χ1n) is 9.17. The van der Waals surface area contributed by atoms with E-state index in [1.807, 2.05) is 6.07 Å². The summed E-state index contributed by atoms with van der Waals surface area (Å²) >= 11 is 1.17. The van der Waals surface area contributed by atoms with E-state index < -0.39 is 73.8 Å². The van der Waals surface area contributed by atoms with Crippen molar-refractivity contribution < 1.29 is 50.0 Å². The van der Waals surface area contributed by atoms with Crippen LogP contribution >= 0.6 is 11.8 Å². The average molecular weight is 434 g/mol. The van der Waals surface area contributed by atoms with Crippen LogP contribution in [0.4, 0.5) is 0 Å². The summed E-state index contributed by atoms with van der Waals surface area (Å²) in [7, 11) is 0. The van der Waals surface area contributed by atoms with E-state index in [4.69, 9.17) is 14.2 Å². The van der Waals surface area contributed by atoms with Gasteiger partial charge in [-0.3, -0.25) is 0 Å². The summed E-state index contributed by atoms with van der Waals surface area (Å²) in [5, 5.41) is 69.6. The molecule has 2 aliphatic heterocycles. The van der Waals surface area contributed by atoms with Gasteiger partial charge in [0.25, 0.3) is 0 Å². The minimum atomic E-state index is -1.67. The minimum Gasteiger partial charge on any atom is -0.394 e. The van der Waals surface area contributed by atoms with Gasteiger partial charge in [-0.15, -0.1) is 0 Å². The third kappa shape index (κ3) is 4.92. The molecule has 1 aromatic carbocycles. The highest BCUT2D eigenvalue weighted by atomic mass is 32.2. The fourth-order valence-corrected chi connectivity index (χ4v) is 4.40. The molecule has 7 N–H and O–H groups in total. The van der Waals surface area contributed by atoms with Gasteiger partial charge in [0.1, 0.15) is 54.3 Å². The molecule has 0 aromatic heterocycles. The molecule has 0 saturated carbocycles. The lowest BCUT2D eigenvalue weighted by atomic mass is 9.98. The molecule has 2 fully saturated rings. The third-order valence-electron chi connectivity index (χ3n) is 4.96. The molecule has 0 amide bonds. The van der Waals surface area contributed by atoms with Gasteiger partial charge in [0.15, 0.2) is 6.29 Å². The van der Waals surface area contributed by atoms with Crippen molar-refractivity contribution in [2.24, 2.45) is 0 Å². The topological polar surface area (TPSA) is 169 Å². The fraction of sp³-hybridized carbons (Fsp3) is 0.667. The zero-order chi connectivity index (χ0) is 21.1. The van der Waals surface area contributed by atoms with Crippen molar-refractivity contribution in [1.29, 1.82) is 0 Å². The van der Waals surface area contributed by atoms with Crippen molar-refractivity contribution in [3.05, 3.63) is 30.3 Å². The molecule has 10 nitrogen and oxygen atoms in total. The van der Waals surface area contributed by atoms with Crippen molar-refractivity contribution in [2.75, 3.05) is 13.2 Å². The molecule has 0 spiro atoms. The van der Waals surface area contributed by atoms with Gasteiger partial charge < -0.3 is 50.0 Å². The first-order valence-corrected chi connectivity index (χ1v) is 10.1. The number of ether oxygens (including phenoxy) is 3. The van der Waals surface area contributed by atoms with E-state index in [0.29, 0.717) is 0 Å². The van der Waals surface area contributed by atoms with Crippen molar-refractivity contribution in [3.63, 3.8) is 0 Å². The highest BCUT2D eigenvalue weighted by molar-refractivity contribution is 7.99. The van der Waals surface area contributed by atoms with Crippen LogP contribution in [-0.4, -0.2) is 110 Å². The summed E-state index contributed by atoms with van der Waals surface area (Å²) in [6, 6.07) is 9.01. The van der Waals surface area contributed by atoms with Crippen LogP contribution in [0.2, 0.25) is 0 Å². The van der Waals surface area contributed by atoms with Gasteiger partial charge in [-0.05, 0) is 12.1 Å². The van der Waals surface area contributed by atoms with Crippen LogP contribution in [0, 0.1) is 0 Å². The molecule has 1 aromatic rings. The van der Waals surface area contributed by atoms with E-state index >= 15 is 0 Å². The Morgan fingerprint density at radius 3 is 1.97 bits per heavy atom. The molecule has 2 heterocycles. The lowest BCUT2D eigenvalue weighted by Gasteiger charge is -2.46. The standard InChI is InChI=1S/C18H26O10S/c19-6-9-11(21)13(23)15(25)17(26-9)28-16-14(24)12(22)10(7-20)27-18(16)29-8-4-2-1-3-5-8/h1-5,9-25H,6-7H2/t9-,10-,11-,12-,13+,14+,15-,16-,17+,18+/m1/s1. The molecule has 11 heteroatoms. The molecule has 2 saturated heterocycles. The van der Waals surface area contributed by atoms with Crippen molar-refractivity contribution in [1.82, 2.24) is 0 Å². The summed E-state index contributed by atoms with van der Waals surface area (Å²) in [6.07, 6.45) is -12.8. The average Bonchev–Trinajstić information content (AvgIpc) is 2.73. The van der Waals surface area contributed by atoms with E-state index in [2.05, 4.69) is 0 Å². The van der Waals surface area contributed by atoms with Gasteiger partial charge in [0.2, 0.25) is 0 Å². The van der Waals surface area contributed by atoms with E-state index in [1.54, 1.807) is 24.3 Å². The molecule has 2 aliphatic rings. The largest absolute Gasteiger partial charge is 0.394 e. The Morgan fingerprint density at radius 1 is 0.759 bits per heavy atom. The zero-order valence-electron chi connectivity index (χ0n) is 15.3.